The van der Waals surface area contributed by atoms with Gasteiger partial charge in [0.1, 0.15) is 0 Å². The highest BCUT2D eigenvalue weighted by atomic mass is 32.1. The van der Waals surface area contributed by atoms with Crippen LogP contribution in [0.25, 0.3) is 0 Å². The molecule has 1 aromatic heterocycles. The van der Waals surface area contributed by atoms with E-state index in [9.17, 15) is 4.79 Å². The van der Waals surface area contributed by atoms with Gasteiger partial charge >= 0.3 is 6.03 Å². The molecule has 86 valence electrons. The molecular weight excluding hydrogens is 234 g/mol. The van der Waals surface area contributed by atoms with Crippen molar-refractivity contribution in [2.75, 3.05) is 11.4 Å². The maximum atomic E-state index is 11.8. The molecule has 2 heterocycles. The van der Waals surface area contributed by atoms with Gasteiger partial charge in [-0.05, 0) is 5.56 Å². The minimum absolute atomic E-state index is 0.0487. The van der Waals surface area contributed by atoms with E-state index in [0.717, 1.165) is 10.7 Å². The van der Waals surface area contributed by atoms with Gasteiger partial charge in [0.2, 0.25) is 0 Å². The van der Waals surface area contributed by atoms with Gasteiger partial charge in [-0.15, -0.1) is 11.3 Å². The molecule has 2 amide bonds. The van der Waals surface area contributed by atoms with Gasteiger partial charge in [-0.1, -0.05) is 30.3 Å². The Hall–Kier alpha value is -1.88. The third-order valence-electron chi connectivity index (χ3n) is 2.76. The molecule has 1 saturated heterocycles. The molecule has 0 aliphatic carbocycles. The largest absolute Gasteiger partial charge is 0.329 e. The van der Waals surface area contributed by atoms with E-state index in [1.54, 1.807) is 11.1 Å². The number of nitrogens with zero attached hydrogens (tertiary/aromatic N) is 2. The Bertz CT molecular complexity index is 512. The van der Waals surface area contributed by atoms with Gasteiger partial charge in [0, 0.05) is 11.6 Å². The monoisotopic (exact) mass is 245 g/mol. The first-order valence-corrected chi connectivity index (χ1v) is 6.25. The van der Waals surface area contributed by atoms with Crippen molar-refractivity contribution in [1.82, 2.24) is 10.3 Å². The highest BCUT2D eigenvalue weighted by Crippen LogP contribution is 2.26. The molecule has 0 bridgehead atoms. The molecule has 0 saturated carbocycles. The Morgan fingerprint density at radius 3 is 2.88 bits per heavy atom. The minimum Gasteiger partial charge on any atom is -0.329 e. The Morgan fingerprint density at radius 2 is 2.18 bits per heavy atom. The van der Waals surface area contributed by atoms with Crippen LogP contribution in [0.4, 0.5) is 9.93 Å². The number of benzene rings is 1. The van der Waals surface area contributed by atoms with Crippen LogP contribution in [-0.2, 0) is 0 Å². The van der Waals surface area contributed by atoms with Crippen LogP contribution < -0.4 is 10.2 Å². The molecule has 3 rings (SSSR count). The van der Waals surface area contributed by atoms with Gasteiger partial charge in [-0.3, -0.25) is 4.90 Å². The molecule has 1 N–H and O–H groups in total. The smallest absolute Gasteiger partial charge is 0.324 e. The van der Waals surface area contributed by atoms with Crippen molar-refractivity contribution in [2.24, 2.45) is 0 Å². The summed E-state index contributed by atoms with van der Waals surface area (Å²) >= 11 is 1.48. The van der Waals surface area contributed by atoms with Gasteiger partial charge in [-0.2, -0.15) is 0 Å². The molecule has 1 fully saturated rings. The number of hydrogen-bond donors (Lipinski definition) is 1. The normalized spacial score (nSPS) is 19.4. The molecule has 0 radical (unpaired) electrons. The van der Waals surface area contributed by atoms with Gasteiger partial charge in [0.25, 0.3) is 0 Å². The van der Waals surface area contributed by atoms with Gasteiger partial charge in [-0.25, -0.2) is 9.78 Å². The lowest BCUT2D eigenvalue weighted by Crippen LogP contribution is -2.27. The van der Waals surface area contributed by atoms with Crippen LogP contribution in [0.2, 0.25) is 0 Å². The SMILES string of the molecule is O=C1N[C@H](c2ccccc2)CN1c1nccs1. The van der Waals surface area contributed by atoms with Gasteiger partial charge in [0.15, 0.2) is 5.13 Å². The van der Waals surface area contributed by atoms with Crippen molar-refractivity contribution in [3.63, 3.8) is 0 Å². The molecule has 5 heteroatoms. The highest BCUT2D eigenvalue weighted by Gasteiger charge is 2.31. The number of amides is 2. The van der Waals surface area contributed by atoms with Crippen LogP contribution in [0.3, 0.4) is 0 Å². The molecule has 0 spiro atoms. The predicted molar refractivity (Wildman–Crippen MR) is 67.2 cm³/mol. The van der Waals surface area contributed by atoms with Crippen LogP contribution in [-0.4, -0.2) is 17.6 Å². The van der Waals surface area contributed by atoms with Crippen LogP contribution >= 0.6 is 11.3 Å². The second kappa shape index (κ2) is 4.18. The third kappa shape index (κ3) is 1.89. The van der Waals surface area contributed by atoms with Crippen molar-refractivity contribution in [3.8, 4) is 0 Å². The number of urea groups is 1. The summed E-state index contributed by atoms with van der Waals surface area (Å²) in [6, 6.07) is 9.95. The first-order chi connectivity index (χ1) is 8.34. The first kappa shape index (κ1) is 10.3. The fourth-order valence-corrected chi connectivity index (χ4v) is 2.58. The lowest BCUT2D eigenvalue weighted by atomic mass is 10.1. The molecule has 1 atom stereocenters. The van der Waals surface area contributed by atoms with Crippen LogP contribution in [0.5, 0.6) is 0 Å². The maximum absolute atomic E-state index is 11.8. The number of rotatable bonds is 2. The fraction of sp³-hybridized carbons (Fsp3) is 0.167. The minimum atomic E-state index is -0.0752. The third-order valence-corrected chi connectivity index (χ3v) is 3.55. The number of aromatic nitrogens is 1. The summed E-state index contributed by atoms with van der Waals surface area (Å²) in [6.45, 7) is 0.635. The van der Waals surface area contributed by atoms with Gasteiger partial charge < -0.3 is 5.32 Å². The van der Waals surface area contributed by atoms with Crippen molar-refractivity contribution in [2.45, 2.75) is 6.04 Å². The second-order valence-electron chi connectivity index (χ2n) is 3.84. The summed E-state index contributed by atoms with van der Waals surface area (Å²) < 4.78 is 0. The van der Waals surface area contributed by atoms with Crippen molar-refractivity contribution < 1.29 is 4.79 Å². The summed E-state index contributed by atoms with van der Waals surface area (Å²) in [6.07, 6.45) is 1.71. The zero-order chi connectivity index (χ0) is 11.7. The number of carbonyl (C=O) groups is 1. The van der Waals surface area contributed by atoms with Crippen LogP contribution in [0, 0.1) is 0 Å². The van der Waals surface area contributed by atoms with E-state index < -0.39 is 0 Å². The Labute approximate surface area is 103 Å². The molecule has 0 unspecified atom stereocenters. The Balaban J connectivity index is 1.83. The summed E-state index contributed by atoms with van der Waals surface area (Å²) in [5, 5.41) is 5.59. The molecule has 4 nitrogen and oxygen atoms in total. The fourth-order valence-electron chi connectivity index (χ4n) is 1.93. The number of carbonyl (C=O) groups excluding carboxylic acids is 1. The van der Waals surface area contributed by atoms with E-state index in [-0.39, 0.29) is 12.1 Å². The first-order valence-electron chi connectivity index (χ1n) is 5.37. The zero-order valence-corrected chi connectivity index (χ0v) is 9.85. The number of nitrogens with one attached hydrogen (secondary N) is 1. The number of thiazole rings is 1. The van der Waals surface area contributed by atoms with E-state index in [0.29, 0.717) is 6.54 Å². The molecular formula is C12H11N3OS. The average molecular weight is 245 g/mol. The predicted octanol–water partition coefficient (Wildman–Crippen LogP) is 2.41. The second-order valence-corrected chi connectivity index (χ2v) is 4.71. The number of hydrogen-bond acceptors (Lipinski definition) is 3. The van der Waals surface area contributed by atoms with Gasteiger partial charge in [0.05, 0.1) is 12.6 Å². The Morgan fingerprint density at radius 1 is 1.35 bits per heavy atom. The standard InChI is InChI=1S/C12H11N3OS/c16-11-14-10(9-4-2-1-3-5-9)8-15(11)12-13-6-7-17-12/h1-7,10H,8H2,(H,14,16)/t10-/m0/s1. The number of anilines is 1. The van der Waals surface area contributed by atoms with Crippen molar-refractivity contribution in [3.05, 3.63) is 47.5 Å². The van der Waals surface area contributed by atoms with Crippen LogP contribution in [0.1, 0.15) is 11.6 Å². The summed E-state index contributed by atoms with van der Waals surface area (Å²) in [4.78, 5) is 17.7. The average Bonchev–Trinajstić information content (AvgIpc) is 2.99. The maximum Gasteiger partial charge on any atom is 0.324 e. The molecule has 17 heavy (non-hydrogen) atoms. The summed E-state index contributed by atoms with van der Waals surface area (Å²) in [5.41, 5.74) is 1.12. The zero-order valence-electron chi connectivity index (χ0n) is 9.04. The summed E-state index contributed by atoms with van der Waals surface area (Å²) in [7, 11) is 0. The van der Waals surface area contributed by atoms with Crippen molar-refractivity contribution >= 4 is 22.5 Å². The van der Waals surface area contributed by atoms with Crippen LogP contribution in [0.15, 0.2) is 41.9 Å². The van der Waals surface area contributed by atoms with E-state index in [1.807, 2.05) is 35.7 Å². The molecule has 1 aliphatic heterocycles. The highest BCUT2D eigenvalue weighted by molar-refractivity contribution is 7.13. The lowest BCUT2D eigenvalue weighted by molar-refractivity contribution is 0.251. The Kier molecular flexibility index (Phi) is 2.53. The van der Waals surface area contributed by atoms with E-state index in [2.05, 4.69) is 10.3 Å². The van der Waals surface area contributed by atoms with E-state index in [1.165, 1.54) is 11.3 Å². The van der Waals surface area contributed by atoms with Crippen molar-refractivity contribution in [1.29, 1.82) is 0 Å². The molecule has 1 aromatic carbocycles. The van der Waals surface area contributed by atoms with E-state index in [4.69, 9.17) is 0 Å². The van der Waals surface area contributed by atoms with E-state index >= 15 is 0 Å². The topological polar surface area (TPSA) is 45.2 Å². The lowest BCUT2D eigenvalue weighted by Gasteiger charge is -2.10. The molecule has 2 aromatic rings. The summed E-state index contributed by atoms with van der Waals surface area (Å²) in [5.74, 6) is 0. The molecule has 1 aliphatic rings. The quantitative estimate of drug-likeness (QED) is 0.883.